The maximum Gasteiger partial charge on any atom is 0.255 e. The normalized spacial score (nSPS) is 11.0. The quantitative estimate of drug-likeness (QED) is 0.270. The number of likely N-dealkylation sites (N-methyl/N-ethyl adjacent to an activating group) is 1. The van der Waals surface area contributed by atoms with E-state index >= 15 is 0 Å². The first-order valence-electron chi connectivity index (χ1n) is 8.34. The predicted molar refractivity (Wildman–Crippen MR) is 107 cm³/mol. The van der Waals surface area contributed by atoms with Crippen LogP contribution in [0.5, 0.6) is 5.75 Å². The Kier molecular flexibility index (Phi) is 9.05. The van der Waals surface area contributed by atoms with Crippen LogP contribution < -0.4 is 21.2 Å². The molecule has 1 rings (SSSR count). The van der Waals surface area contributed by atoms with Gasteiger partial charge in [-0.05, 0) is 19.2 Å². The van der Waals surface area contributed by atoms with Gasteiger partial charge >= 0.3 is 0 Å². The van der Waals surface area contributed by atoms with Crippen molar-refractivity contribution >= 4 is 34.7 Å². The second kappa shape index (κ2) is 11.0. The molecule has 0 saturated heterocycles. The van der Waals surface area contributed by atoms with E-state index in [9.17, 15) is 4.79 Å². The number of carbonyl (C=O) groups is 1. The molecule has 0 radical (unpaired) electrons. The van der Waals surface area contributed by atoms with E-state index in [1.54, 1.807) is 6.07 Å². The molecule has 0 atom stereocenters. The fraction of sp³-hybridized carbons (Fsp3) is 0.412. The molecular weight excluding hydrogens is 370 g/mol. The number of hydrogen-bond acceptors (Lipinski definition) is 7. The summed E-state index contributed by atoms with van der Waals surface area (Å²) in [5.41, 5.74) is 8.09. The van der Waals surface area contributed by atoms with E-state index in [1.807, 2.05) is 0 Å². The third-order valence-corrected chi connectivity index (χ3v) is 4.10. The van der Waals surface area contributed by atoms with Crippen molar-refractivity contribution in [3.05, 3.63) is 22.7 Å². The van der Waals surface area contributed by atoms with Gasteiger partial charge in [-0.3, -0.25) is 15.6 Å². The van der Waals surface area contributed by atoms with Gasteiger partial charge in [-0.25, -0.2) is 0 Å². The number of amidine groups is 1. The highest BCUT2D eigenvalue weighted by Crippen LogP contribution is 2.31. The summed E-state index contributed by atoms with van der Waals surface area (Å²) in [6, 6.07) is 4.62. The Hall–Kier alpha value is -2.83. The van der Waals surface area contributed by atoms with E-state index in [2.05, 4.69) is 34.6 Å². The zero-order chi connectivity index (χ0) is 20.4. The van der Waals surface area contributed by atoms with Gasteiger partial charge in [0.1, 0.15) is 11.8 Å². The van der Waals surface area contributed by atoms with Crippen LogP contribution in [0, 0.1) is 16.7 Å². The van der Waals surface area contributed by atoms with Gasteiger partial charge in [0.2, 0.25) is 5.71 Å². The van der Waals surface area contributed by atoms with Crippen molar-refractivity contribution in [2.24, 2.45) is 10.8 Å². The van der Waals surface area contributed by atoms with E-state index in [1.165, 1.54) is 19.2 Å². The Morgan fingerprint density at radius 1 is 1.44 bits per heavy atom. The van der Waals surface area contributed by atoms with Gasteiger partial charge in [-0.15, -0.1) is 0 Å². The standard InChI is InChI=1S/C17H24ClN7O2/c1-4-25(5-2)7-6-22-17(26)11-8-12(18)13(9-15(11)27-3)23-24-14(10-19)16(20)21/h8-9,23H,4-7H2,1-3H3,(H3,20,21)(H,22,26)/b24-14+. The first kappa shape index (κ1) is 22.2. The highest BCUT2D eigenvalue weighted by Gasteiger charge is 2.16. The summed E-state index contributed by atoms with van der Waals surface area (Å²) in [5, 5.41) is 22.9. The summed E-state index contributed by atoms with van der Waals surface area (Å²) in [4.78, 5) is 14.6. The minimum absolute atomic E-state index is 0.203. The van der Waals surface area contributed by atoms with Gasteiger partial charge in [0.05, 0.1) is 23.4 Å². The SMILES string of the molecule is CCN(CC)CCNC(=O)c1cc(Cl)c(N/N=C(\C#N)C(=N)N)cc1OC. The Balaban J connectivity index is 2.94. The summed E-state index contributed by atoms with van der Waals surface area (Å²) >= 11 is 6.19. The lowest BCUT2D eigenvalue weighted by Gasteiger charge is -2.18. The van der Waals surface area contributed by atoms with E-state index < -0.39 is 5.84 Å². The van der Waals surface area contributed by atoms with Crippen LogP contribution in [0.1, 0.15) is 24.2 Å². The van der Waals surface area contributed by atoms with Gasteiger partial charge < -0.3 is 20.7 Å². The molecule has 146 valence electrons. The molecule has 0 saturated carbocycles. The summed E-state index contributed by atoms with van der Waals surface area (Å²) in [6.07, 6.45) is 0. The molecule has 0 aliphatic heterocycles. The van der Waals surface area contributed by atoms with Crippen LogP contribution in [-0.2, 0) is 0 Å². The van der Waals surface area contributed by atoms with Gasteiger partial charge in [0.15, 0.2) is 5.84 Å². The van der Waals surface area contributed by atoms with Crippen molar-refractivity contribution in [3.8, 4) is 11.8 Å². The van der Waals surface area contributed by atoms with E-state index in [4.69, 9.17) is 32.7 Å². The molecule has 1 amide bonds. The number of amides is 1. The fourth-order valence-corrected chi connectivity index (χ4v) is 2.42. The average molecular weight is 394 g/mol. The molecule has 0 heterocycles. The lowest BCUT2D eigenvalue weighted by atomic mass is 10.1. The number of nitriles is 1. The number of anilines is 1. The number of benzene rings is 1. The Morgan fingerprint density at radius 2 is 2.11 bits per heavy atom. The molecule has 5 N–H and O–H groups in total. The number of methoxy groups -OCH3 is 1. The van der Waals surface area contributed by atoms with Crippen molar-refractivity contribution in [1.29, 1.82) is 10.7 Å². The average Bonchev–Trinajstić information content (AvgIpc) is 2.66. The number of rotatable bonds is 10. The molecule has 0 aliphatic carbocycles. The number of nitrogens with two attached hydrogens (primary N) is 1. The fourth-order valence-electron chi connectivity index (χ4n) is 2.21. The van der Waals surface area contributed by atoms with Crippen molar-refractivity contribution in [1.82, 2.24) is 10.2 Å². The molecule has 9 nitrogen and oxygen atoms in total. The van der Waals surface area contributed by atoms with Crippen molar-refractivity contribution in [2.75, 3.05) is 38.7 Å². The molecule has 0 aliphatic rings. The molecule has 0 bridgehead atoms. The van der Waals surface area contributed by atoms with Crippen LogP contribution >= 0.6 is 11.6 Å². The first-order valence-corrected chi connectivity index (χ1v) is 8.71. The molecule has 0 spiro atoms. The number of nitrogens with one attached hydrogen (secondary N) is 3. The Bertz CT molecular complexity index is 754. The molecule has 27 heavy (non-hydrogen) atoms. The third-order valence-electron chi connectivity index (χ3n) is 3.79. The van der Waals surface area contributed by atoms with E-state index in [0.29, 0.717) is 18.0 Å². The van der Waals surface area contributed by atoms with E-state index in [-0.39, 0.29) is 22.2 Å². The van der Waals surface area contributed by atoms with Crippen molar-refractivity contribution in [3.63, 3.8) is 0 Å². The number of carbonyl (C=O) groups excluding carboxylic acids is 1. The summed E-state index contributed by atoms with van der Waals surface area (Å²) in [6.45, 7) is 7.18. The van der Waals surface area contributed by atoms with E-state index in [0.717, 1.165) is 19.6 Å². The van der Waals surface area contributed by atoms with Gasteiger partial charge in [0, 0.05) is 19.2 Å². The topological polar surface area (TPSA) is 140 Å². The third kappa shape index (κ3) is 6.44. The van der Waals surface area contributed by atoms with Crippen molar-refractivity contribution in [2.45, 2.75) is 13.8 Å². The number of hydrazone groups is 1. The number of hydrogen-bond donors (Lipinski definition) is 4. The van der Waals surface area contributed by atoms with Crippen LogP contribution in [0.2, 0.25) is 5.02 Å². The number of nitrogens with zero attached hydrogens (tertiary/aromatic N) is 3. The molecule has 1 aromatic rings. The molecular formula is C17H24ClN7O2. The van der Waals surface area contributed by atoms with Gasteiger partial charge in [-0.2, -0.15) is 10.4 Å². The van der Waals surface area contributed by atoms with Crippen LogP contribution in [0.25, 0.3) is 0 Å². The van der Waals surface area contributed by atoms with Crippen LogP contribution in [0.3, 0.4) is 0 Å². The zero-order valence-electron chi connectivity index (χ0n) is 15.6. The smallest absolute Gasteiger partial charge is 0.255 e. The number of ether oxygens (including phenoxy) is 1. The Labute approximate surface area is 163 Å². The summed E-state index contributed by atoms with van der Waals surface area (Å²) in [5.74, 6) is -0.492. The lowest BCUT2D eigenvalue weighted by Crippen LogP contribution is -2.34. The highest BCUT2D eigenvalue weighted by molar-refractivity contribution is 6.46. The number of halogens is 1. The van der Waals surface area contributed by atoms with Crippen molar-refractivity contribution < 1.29 is 9.53 Å². The van der Waals surface area contributed by atoms with Crippen LogP contribution in [-0.4, -0.2) is 55.6 Å². The maximum absolute atomic E-state index is 12.4. The minimum atomic E-state index is -0.475. The molecule has 0 fully saturated rings. The Morgan fingerprint density at radius 3 is 2.63 bits per heavy atom. The molecule has 10 heteroatoms. The zero-order valence-corrected chi connectivity index (χ0v) is 16.4. The predicted octanol–water partition coefficient (Wildman–Crippen LogP) is 1.65. The summed E-state index contributed by atoms with van der Waals surface area (Å²) < 4.78 is 5.26. The minimum Gasteiger partial charge on any atom is -0.496 e. The molecule has 0 unspecified atom stereocenters. The van der Waals surface area contributed by atoms with Crippen LogP contribution in [0.4, 0.5) is 5.69 Å². The summed E-state index contributed by atoms with van der Waals surface area (Å²) in [7, 11) is 1.43. The molecule has 1 aromatic carbocycles. The first-order chi connectivity index (χ1) is 12.9. The highest BCUT2D eigenvalue weighted by atomic mass is 35.5. The second-order valence-corrected chi connectivity index (χ2v) is 5.82. The second-order valence-electron chi connectivity index (χ2n) is 5.41. The van der Waals surface area contributed by atoms with Crippen LogP contribution in [0.15, 0.2) is 17.2 Å². The largest absolute Gasteiger partial charge is 0.496 e. The van der Waals surface area contributed by atoms with Gasteiger partial charge in [0.25, 0.3) is 5.91 Å². The lowest BCUT2D eigenvalue weighted by molar-refractivity contribution is 0.0946. The maximum atomic E-state index is 12.4. The monoisotopic (exact) mass is 393 g/mol. The van der Waals surface area contributed by atoms with Gasteiger partial charge in [-0.1, -0.05) is 25.4 Å². The molecule has 0 aromatic heterocycles.